The van der Waals surface area contributed by atoms with Crippen LogP contribution < -0.4 is 5.73 Å². The van der Waals surface area contributed by atoms with Crippen molar-refractivity contribution < 1.29 is 0 Å². The molecule has 3 rings (SSSR count). The second-order valence-electron chi connectivity index (χ2n) is 4.13. The molecule has 86 valence electrons. The minimum absolute atomic E-state index is 0.584. The molecule has 3 aromatic rings. The summed E-state index contributed by atoms with van der Waals surface area (Å²) in [6, 6.07) is 8.23. The maximum absolute atomic E-state index is 5.99. The molecule has 0 radical (unpaired) electrons. The summed E-state index contributed by atoms with van der Waals surface area (Å²) in [7, 11) is 0. The van der Waals surface area contributed by atoms with Gasteiger partial charge in [0.15, 0.2) is 0 Å². The number of nitrogen functional groups attached to an aromatic ring is 1. The minimum Gasteiger partial charge on any atom is -0.369 e. The Bertz CT molecular complexity index is 653. The Hall–Kier alpha value is -1.81. The van der Waals surface area contributed by atoms with Crippen LogP contribution in [0, 0.1) is 6.92 Å². The molecule has 2 N–H and O–H groups in total. The zero-order chi connectivity index (χ0) is 11.8. The predicted octanol–water partition coefficient (Wildman–Crippen LogP) is 3.04. The zero-order valence-electron chi connectivity index (χ0n) is 9.55. The van der Waals surface area contributed by atoms with E-state index in [-0.39, 0.29) is 0 Å². The summed E-state index contributed by atoms with van der Waals surface area (Å²) in [5.41, 5.74) is 10.6. The van der Waals surface area contributed by atoms with E-state index in [0.29, 0.717) is 5.95 Å². The van der Waals surface area contributed by atoms with Crippen molar-refractivity contribution in [2.24, 2.45) is 0 Å². The van der Waals surface area contributed by atoms with Crippen molar-refractivity contribution in [3.8, 4) is 0 Å². The highest BCUT2D eigenvalue weighted by atomic mass is 32.1. The third-order valence-electron chi connectivity index (χ3n) is 2.92. The summed E-state index contributed by atoms with van der Waals surface area (Å²) >= 11 is 1.70. The number of aromatic nitrogens is 2. The molecule has 1 aromatic carbocycles. The van der Waals surface area contributed by atoms with Crippen molar-refractivity contribution >= 4 is 28.3 Å². The van der Waals surface area contributed by atoms with Gasteiger partial charge in [-0.3, -0.25) is 0 Å². The SMILES string of the molecule is Cc1cccc2nc(N)n(Cc3ccsc3)c12. The number of hydrogen-bond donors (Lipinski definition) is 1. The summed E-state index contributed by atoms with van der Waals surface area (Å²) in [5.74, 6) is 0.584. The van der Waals surface area contributed by atoms with Crippen LogP contribution in [0.2, 0.25) is 0 Å². The monoisotopic (exact) mass is 243 g/mol. The van der Waals surface area contributed by atoms with Crippen molar-refractivity contribution in [3.05, 3.63) is 46.2 Å². The van der Waals surface area contributed by atoms with E-state index < -0.39 is 0 Å². The van der Waals surface area contributed by atoms with Crippen LogP contribution >= 0.6 is 11.3 Å². The van der Waals surface area contributed by atoms with Gasteiger partial charge >= 0.3 is 0 Å². The van der Waals surface area contributed by atoms with E-state index in [2.05, 4.69) is 39.4 Å². The van der Waals surface area contributed by atoms with Crippen LogP contribution in [0.3, 0.4) is 0 Å². The lowest BCUT2D eigenvalue weighted by Gasteiger charge is -2.06. The minimum atomic E-state index is 0.584. The number of para-hydroxylation sites is 1. The second-order valence-corrected chi connectivity index (χ2v) is 4.91. The molecule has 0 aliphatic carbocycles. The number of rotatable bonds is 2. The molecule has 0 atom stereocenters. The molecular weight excluding hydrogens is 230 g/mol. The van der Waals surface area contributed by atoms with Crippen LogP contribution in [0.25, 0.3) is 11.0 Å². The molecule has 0 spiro atoms. The highest BCUT2D eigenvalue weighted by Crippen LogP contribution is 2.23. The van der Waals surface area contributed by atoms with Crippen molar-refractivity contribution in [1.29, 1.82) is 0 Å². The van der Waals surface area contributed by atoms with Crippen LogP contribution in [-0.4, -0.2) is 9.55 Å². The number of anilines is 1. The molecule has 2 aromatic heterocycles. The molecule has 0 aliphatic rings. The summed E-state index contributed by atoms with van der Waals surface area (Å²) < 4.78 is 2.08. The number of imidazole rings is 1. The van der Waals surface area contributed by atoms with E-state index in [1.807, 2.05) is 12.1 Å². The Kier molecular flexibility index (Phi) is 2.37. The standard InChI is InChI=1S/C13H13N3S/c1-9-3-2-4-11-12(9)16(13(14)15-11)7-10-5-6-17-8-10/h2-6,8H,7H2,1H3,(H2,14,15). The predicted molar refractivity (Wildman–Crippen MR) is 72.3 cm³/mol. The first kappa shape index (κ1) is 10.4. The Balaban J connectivity index is 2.18. The van der Waals surface area contributed by atoms with Gasteiger partial charge < -0.3 is 10.3 Å². The topological polar surface area (TPSA) is 43.8 Å². The van der Waals surface area contributed by atoms with E-state index in [1.165, 1.54) is 11.1 Å². The van der Waals surface area contributed by atoms with Gasteiger partial charge in [-0.2, -0.15) is 11.3 Å². The van der Waals surface area contributed by atoms with E-state index >= 15 is 0 Å². The summed E-state index contributed by atoms with van der Waals surface area (Å²) in [6.07, 6.45) is 0. The van der Waals surface area contributed by atoms with Gasteiger partial charge in [0.25, 0.3) is 0 Å². The van der Waals surface area contributed by atoms with Crippen LogP contribution in [0.15, 0.2) is 35.0 Å². The average Bonchev–Trinajstić information content (AvgIpc) is 2.89. The van der Waals surface area contributed by atoms with Crippen LogP contribution in [0.5, 0.6) is 0 Å². The number of benzene rings is 1. The molecule has 0 unspecified atom stereocenters. The largest absolute Gasteiger partial charge is 0.369 e. The van der Waals surface area contributed by atoms with Crippen LogP contribution in [-0.2, 0) is 6.54 Å². The van der Waals surface area contributed by atoms with Gasteiger partial charge in [0.05, 0.1) is 17.6 Å². The smallest absolute Gasteiger partial charge is 0.201 e. The normalized spacial score (nSPS) is 11.1. The number of thiophene rings is 1. The summed E-state index contributed by atoms with van der Waals surface area (Å²) in [4.78, 5) is 4.40. The fourth-order valence-electron chi connectivity index (χ4n) is 2.11. The number of aryl methyl sites for hydroxylation is 1. The van der Waals surface area contributed by atoms with Gasteiger partial charge in [-0.05, 0) is 40.9 Å². The molecule has 17 heavy (non-hydrogen) atoms. The molecule has 0 amide bonds. The molecule has 4 heteroatoms. The molecule has 0 fully saturated rings. The van der Waals surface area contributed by atoms with E-state index in [1.54, 1.807) is 11.3 Å². The van der Waals surface area contributed by atoms with Crippen LogP contribution in [0.1, 0.15) is 11.1 Å². The average molecular weight is 243 g/mol. The van der Waals surface area contributed by atoms with Gasteiger partial charge in [-0.25, -0.2) is 4.98 Å². The number of nitrogens with zero attached hydrogens (tertiary/aromatic N) is 2. The van der Waals surface area contributed by atoms with Crippen molar-refractivity contribution in [1.82, 2.24) is 9.55 Å². The number of nitrogens with two attached hydrogens (primary N) is 1. The molecule has 0 aliphatic heterocycles. The summed E-state index contributed by atoms with van der Waals surface area (Å²) in [5, 5.41) is 4.22. The molecule has 0 bridgehead atoms. The fraction of sp³-hybridized carbons (Fsp3) is 0.154. The third kappa shape index (κ3) is 1.70. The van der Waals surface area contributed by atoms with Crippen molar-refractivity contribution in [3.63, 3.8) is 0 Å². The van der Waals surface area contributed by atoms with Gasteiger partial charge in [-0.15, -0.1) is 0 Å². The Morgan fingerprint density at radius 3 is 3.00 bits per heavy atom. The first-order chi connectivity index (χ1) is 8.25. The third-order valence-corrected chi connectivity index (χ3v) is 3.65. The van der Waals surface area contributed by atoms with E-state index in [0.717, 1.165) is 17.6 Å². The highest BCUT2D eigenvalue weighted by molar-refractivity contribution is 7.07. The fourth-order valence-corrected chi connectivity index (χ4v) is 2.77. The molecular formula is C13H13N3S. The van der Waals surface area contributed by atoms with Crippen molar-refractivity contribution in [2.75, 3.05) is 5.73 Å². The van der Waals surface area contributed by atoms with Gasteiger partial charge in [-0.1, -0.05) is 12.1 Å². The quantitative estimate of drug-likeness (QED) is 0.751. The first-order valence-electron chi connectivity index (χ1n) is 5.48. The number of fused-ring (bicyclic) bond motifs is 1. The Morgan fingerprint density at radius 1 is 1.35 bits per heavy atom. The lowest BCUT2D eigenvalue weighted by atomic mass is 10.2. The highest BCUT2D eigenvalue weighted by Gasteiger charge is 2.10. The van der Waals surface area contributed by atoms with Gasteiger partial charge in [0, 0.05) is 0 Å². The first-order valence-corrected chi connectivity index (χ1v) is 6.42. The zero-order valence-corrected chi connectivity index (χ0v) is 10.4. The maximum Gasteiger partial charge on any atom is 0.201 e. The summed E-state index contributed by atoms with van der Waals surface area (Å²) in [6.45, 7) is 2.88. The Labute approximate surface area is 104 Å². The Morgan fingerprint density at radius 2 is 2.24 bits per heavy atom. The maximum atomic E-state index is 5.99. The van der Waals surface area contributed by atoms with Gasteiger partial charge in [0.2, 0.25) is 5.95 Å². The van der Waals surface area contributed by atoms with E-state index in [4.69, 9.17) is 5.73 Å². The lowest BCUT2D eigenvalue weighted by Crippen LogP contribution is -2.04. The second kappa shape index (κ2) is 3.89. The van der Waals surface area contributed by atoms with Crippen LogP contribution in [0.4, 0.5) is 5.95 Å². The molecule has 0 saturated heterocycles. The van der Waals surface area contributed by atoms with Crippen molar-refractivity contribution in [2.45, 2.75) is 13.5 Å². The number of hydrogen-bond acceptors (Lipinski definition) is 3. The molecule has 3 nitrogen and oxygen atoms in total. The van der Waals surface area contributed by atoms with E-state index in [9.17, 15) is 0 Å². The molecule has 2 heterocycles. The van der Waals surface area contributed by atoms with Gasteiger partial charge in [0.1, 0.15) is 0 Å². The molecule has 0 saturated carbocycles. The lowest BCUT2D eigenvalue weighted by molar-refractivity contribution is 0.839.